The highest BCUT2D eigenvalue weighted by Gasteiger charge is 2.50. The molecule has 2 heteroatoms. The first kappa shape index (κ1) is 16.3. The zero-order valence-corrected chi connectivity index (χ0v) is 13.9. The van der Waals surface area contributed by atoms with E-state index in [-0.39, 0.29) is 5.41 Å². The number of hydrogen-bond donors (Lipinski definition) is 1. The van der Waals surface area contributed by atoms with Crippen molar-refractivity contribution in [3.05, 3.63) is 47.5 Å². The molecule has 116 valence electrons. The maximum absolute atomic E-state index is 11.2. The van der Waals surface area contributed by atoms with Crippen molar-refractivity contribution in [2.24, 2.45) is 0 Å². The highest BCUT2D eigenvalue weighted by molar-refractivity contribution is 5.39. The lowest BCUT2D eigenvalue weighted by Gasteiger charge is -2.51. The van der Waals surface area contributed by atoms with Gasteiger partial charge in [0.2, 0.25) is 0 Å². The molecule has 1 aliphatic carbocycles. The molecule has 1 saturated carbocycles. The van der Waals surface area contributed by atoms with Gasteiger partial charge in [0.05, 0.1) is 5.60 Å². The minimum atomic E-state index is -0.684. The van der Waals surface area contributed by atoms with Gasteiger partial charge in [-0.2, -0.15) is 0 Å². The molecule has 2 atom stereocenters. The summed E-state index contributed by atoms with van der Waals surface area (Å²) in [5.41, 5.74) is 2.92. The van der Waals surface area contributed by atoms with Gasteiger partial charge < -0.3 is 10.0 Å². The van der Waals surface area contributed by atoms with E-state index in [0.717, 1.165) is 32.2 Å². The van der Waals surface area contributed by atoms with Gasteiger partial charge in [-0.3, -0.25) is 0 Å². The minimum absolute atomic E-state index is 0.224. The lowest BCUT2D eigenvalue weighted by molar-refractivity contribution is -0.0499. The van der Waals surface area contributed by atoms with E-state index in [4.69, 9.17) is 0 Å². The normalized spacial score (nSPS) is 29.9. The smallest absolute Gasteiger partial charge is 0.0722 e. The molecule has 0 spiro atoms. The Morgan fingerprint density at radius 3 is 2.57 bits per heavy atom. The summed E-state index contributed by atoms with van der Waals surface area (Å²) in [4.78, 5) is 2.20. The first-order valence-electron chi connectivity index (χ1n) is 7.88. The third-order valence-electron chi connectivity index (χ3n) is 5.19. The van der Waals surface area contributed by atoms with Crippen LogP contribution in [0.15, 0.2) is 36.4 Å². The van der Waals surface area contributed by atoms with Crippen molar-refractivity contribution in [3.8, 4) is 0 Å². The molecule has 1 N–H and O–H groups in total. The quantitative estimate of drug-likeness (QED) is 0.854. The van der Waals surface area contributed by atoms with Crippen molar-refractivity contribution in [2.45, 2.75) is 50.5 Å². The minimum Gasteiger partial charge on any atom is -0.389 e. The van der Waals surface area contributed by atoms with Crippen LogP contribution in [-0.4, -0.2) is 36.2 Å². The number of aryl methyl sites for hydroxylation is 1. The monoisotopic (exact) mass is 287 g/mol. The Bertz CT molecular complexity index is 518. The Morgan fingerprint density at radius 2 is 1.95 bits per heavy atom. The van der Waals surface area contributed by atoms with E-state index >= 15 is 0 Å². The van der Waals surface area contributed by atoms with Gasteiger partial charge in [-0.05, 0) is 71.3 Å². The van der Waals surface area contributed by atoms with Gasteiger partial charge in [0.25, 0.3) is 0 Å². The zero-order valence-electron chi connectivity index (χ0n) is 13.9. The Hall–Kier alpha value is -1.12. The predicted molar refractivity (Wildman–Crippen MR) is 89.6 cm³/mol. The molecular weight excluding hydrogens is 258 g/mol. The van der Waals surface area contributed by atoms with Crippen molar-refractivity contribution in [3.63, 3.8) is 0 Å². The van der Waals surface area contributed by atoms with E-state index in [1.54, 1.807) is 0 Å². The fraction of sp³-hybridized carbons (Fsp3) is 0.579. The van der Waals surface area contributed by atoms with Crippen LogP contribution >= 0.6 is 0 Å². The summed E-state index contributed by atoms with van der Waals surface area (Å²) in [6, 6.07) is 8.51. The lowest BCUT2D eigenvalue weighted by atomic mass is 9.57. The molecule has 1 fully saturated rings. The summed E-state index contributed by atoms with van der Waals surface area (Å²) in [6.07, 6.45) is 3.58. The van der Waals surface area contributed by atoms with Crippen molar-refractivity contribution < 1.29 is 5.11 Å². The van der Waals surface area contributed by atoms with Crippen LogP contribution in [0.3, 0.4) is 0 Å². The molecule has 0 amide bonds. The fourth-order valence-electron chi connectivity index (χ4n) is 3.77. The van der Waals surface area contributed by atoms with Crippen LogP contribution in [0.5, 0.6) is 0 Å². The van der Waals surface area contributed by atoms with Gasteiger partial charge in [0, 0.05) is 5.41 Å². The predicted octanol–water partition coefficient (Wildman–Crippen LogP) is 3.68. The van der Waals surface area contributed by atoms with Crippen LogP contribution in [0.1, 0.15) is 43.7 Å². The molecular formula is C19H29NO. The molecule has 1 aliphatic rings. The second kappa shape index (κ2) is 5.94. The molecule has 1 aromatic rings. The fourth-order valence-corrected chi connectivity index (χ4v) is 3.77. The SMILES string of the molecule is C=C1CCC(C)(O)C(CCN(C)C)(c2ccccc2C)C1. The Kier molecular flexibility index (Phi) is 4.60. The molecule has 21 heavy (non-hydrogen) atoms. The Balaban J connectivity index is 2.52. The van der Waals surface area contributed by atoms with E-state index < -0.39 is 5.60 Å². The summed E-state index contributed by atoms with van der Waals surface area (Å²) in [6.45, 7) is 9.37. The maximum Gasteiger partial charge on any atom is 0.0722 e. The third kappa shape index (κ3) is 3.07. The molecule has 0 saturated heterocycles. The molecule has 0 aliphatic heterocycles. The van der Waals surface area contributed by atoms with Crippen LogP contribution in [0.4, 0.5) is 0 Å². The van der Waals surface area contributed by atoms with E-state index in [0.29, 0.717) is 0 Å². The molecule has 0 radical (unpaired) electrons. The standard InChI is InChI=1S/C19H29NO/c1-15-10-11-18(3,21)19(14-15,12-13-20(4)5)17-9-7-6-8-16(17)2/h6-9,21H,1,10-14H2,2-5H3. The number of rotatable bonds is 4. The summed E-state index contributed by atoms with van der Waals surface area (Å²) in [7, 11) is 4.19. The number of allylic oxidation sites excluding steroid dienone is 1. The van der Waals surface area contributed by atoms with Crippen LogP contribution in [0.25, 0.3) is 0 Å². The molecule has 2 nitrogen and oxygen atoms in total. The number of nitrogens with zero attached hydrogens (tertiary/aromatic N) is 1. The Labute approximate surface area is 129 Å². The van der Waals surface area contributed by atoms with E-state index in [9.17, 15) is 5.11 Å². The van der Waals surface area contributed by atoms with Crippen molar-refractivity contribution in [2.75, 3.05) is 20.6 Å². The van der Waals surface area contributed by atoms with Crippen molar-refractivity contribution in [1.29, 1.82) is 0 Å². The molecule has 0 heterocycles. The van der Waals surface area contributed by atoms with Crippen LogP contribution in [0, 0.1) is 6.92 Å². The van der Waals surface area contributed by atoms with Crippen LogP contribution in [-0.2, 0) is 5.41 Å². The highest BCUT2D eigenvalue weighted by atomic mass is 16.3. The second-order valence-electron chi connectivity index (χ2n) is 7.15. The first-order valence-corrected chi connectivity index (χ1v) is 7.88. The van der Waals surface area contributed by atoms with Crippen LogP contribution in [0.2, 0.25) is 0 Å². The van der Waals surface area contributed by atoms with Gasteiger partial charge in [-0.15, -0.1) is 0 Å². The van der Waals surface area contributed by atoms with Gasteiger partial charge in [0.1, 0.15) is 0 Å². The van der Waals surface area contributed by atoms with E-state index in [1.165, 1.54) is 16.7 Å². The molecule has 2 rings (SSSR count). The topological polar surface area (TPSA) is 23.5 Å². The molecule has 2 unspecified atom stereocenters. The Morgan fingerprint density at radius 1 is 1.29 bits per heavy atom. The average Bonchev–Trinajstić information content (AvgIpc) is 2.41. The lowest BCUT2D eigenvalue weighted by Crippen LogP contribution is -2.53. The number of aliphatic hydroxyl groups is 1. The summed E-state index contributed by atoms with van der Waals surface area (Å²) < 4.78 is 0. The number of benzene rings is 1. The van der Waals surface area contributed by atoms with Gasteiger partial charge in [-0.1, -0.05) is 36.4 Å². The molecule has 0 aromatic heterocycles. The zero-order chi connectivity index (χ0) is 15.7. The third-order valence-corrected chi connectivity index (χ3v) is 5.19. The summed E-state index contributed by atoms with van der Waals surface area (Å²) >= 11 is 0. The second-order valence-corrected chi connectivity index (χ2v) is 7.15. The highest BCUT2D eigenvalue weighted by Crippen LogP contribution is 2.51. The van der Waals surface area contributed by atoms with E-state index in [1.807, 2.05) is 6.92 Å². The van der Waals surface area contributed by atoms with E-state index in [2.05, 4.69) is 56.8 Å². The van der Waals surface area contributed by atoms with Gasteiger partial charge >= 0.3 is 0 Å². The maximum atomic E-state index is 11.2. The van der Waals surface area contributed by atoms with Gasteiger partial charge in [0.15, 0.2) is 0 Å². The summed E-state index contributed by atoms with van der Waals surface area (Å²) in [5.74, 6) is 0. The number of hydrogen-bond acceptors (Lipinski definition) is 2. The largest absolute Gasteiger partial charge is 0.389 e. The average molecular weight is 287 g/mol. The van der Waals surface area contributed by atoms with Crippen molar-refractivity contribution >= 4 is 0 Å². The first-order chi connectivity index (χ1) is 9.78. The summed E-state index contributed by atoms with van der Waals surface area (Å²) in [5, 5.41) is 11.2. The van der Waals surface area contributed by atoms with Crippen LogP contribution < -0.4 is 0 Å². The van der Waals surface area contributed by atoms with Crippen molar-refractivity contribution in [1.82, 2.24) is 4.90 Å². The molecule has 1 aromatic carbocycles. The molecule has 0 bridgehead atoms. The van der Waals surface area contributed by atoms with Gasteiger partial charge in [-0.25, -0.2) is 0 Å².